The van der Waals surface area contributed by atoms with Crippen LogP contribution in [0, 0.1) is 11.3 Å². The quantitative estimate of drug-likeness (QED) is 0.796. The lowest BCUT2D eigenvalue weighted by Gasteiger charge is -2.50. The van der Waals surface area contributed by atoms with Crippen LogP contribution in [0.1, 0.15) is 58.8 Å². The summed E-state index contributed by atoms with van der Waals surface area (Å²) in [5.74, 6) is 0.167. The average molecular weight is 257 g/mol. The summed E-state index contributed by atoms with van der Waals surface area (Å²) in [5, 5.41) is 11.2. The van der Waals surface area contributed by atoms with E-state index in [9.17, 15) is 5.11 Å². The van der Waals surface area contributed by atoms with Crippen molar-refractivity contribution >= 4 is 0 Å². The van der Waals surface area contributed by atoms with Crippen molar-refractivity contribution in [3.05, 3.63) is 0 Å². The number of ether oxygens (including phenoxy) is 1. The molecular formula is C15H31NO2. The summed E-state index contributed by atoms with van der Waals surface area (Å²) < 4.78 is 5.31. The molecule has 1 aliphatic carbocycles. The van der Waals surface area contributed by atoms with Crippen LogP contribution < -0.4 is 5.73 Å². The molecule has 1 rings (SSSR count). The van der Waals surface area contributed by atoms with E-state index in [1.807, 2.05) is 0 Å². The molecule has 0 aromatic rings. The summed E-state index contributed by atoms with van der Waals surface area (Å²) in [6.45, 7) is 5.11. The Morgan fingerprint density at radius 3 is 2.06 bits per heavy atom. The highest BCUT2D eigenvalue weighted by Crippen LogP contribution is 2.46. The molecule has 18 heavy (non-hydrogen) atoms. The fourth-order valence-electron chi connectivity index (χ4n) is 3.55. The number of rotatable bonds is 5. The third kappa shape index (κ3) is 3.06. The molecule has 0 heterocycles. The van der Waals surface area contributed by atoms with Crippen LogP contribution in [-0.4, -0.2) is 31.0 Å². The highest BCUT2D eigenvalue weighted by molar-refractivity contribution is 5.02. The number of nitrogens with two attached hydrogens (primary N) is 1. The van der Waals surface area contributed by atoms with Crippen molar-refractivity contribution in [1.82, 2.24) is 0 Å². The van der Waals surface area contributed by atoms with E-state index in [1.165, 1.54) is 32.1 Å². The average Bonchev–Trinajstić information content (AvgIpc) is 2.29. The van der Waals surface area contributed by atoms with Crippen molar-refractivity contribution in [3.8, 4) is 0 Å². The second-order valence-corrected chi connectivity index (χ2v) is 6.26. The van der Waals surface area contributed by atoms with Gasteiger partial charge in [-0.2, -0.15) is 0 Å². The van der Waals surface area contributed by atoms with Crippen molar-refractivity contribution in [2.24, 2.45) is 17.1 Å². The molecule has 0 aliphatic heterocycles. The fourth-order valence-corrected chi connectivity index (χ4v) is 3.55. The molecule has 0 spiro atoms. The molecule has 1 fully saturated rings. The molecular weight excluding hydrogens is 226 g/mol. The Hall–Kier alpha value is -0.120. The van der Waals surface area contributed by atoms with Crippen LogP contribution in [0.3, 0.4) is 0 Å². The van der Waals surface area contributed by atoms with Crippen LogP contribution in [0.2, 0.25) is 0 Å². The predicted octanol–water partition coefficient (Wildman–Crippen LogP) is 2.71. The van der Waals surface area contributed by atoms with Gasteiger partial charge in [-0.25, -0.2) is 0 Å². The van der Waals surface area contributed by atoms with E-state index in [0.717, 1.165) is 12.8 Å². The standard InChI is InChI=1S/C15H31NO2/c1-13(2)15(17,12-18-3)14(11-16)9-7-5-4-6-8-10-14/h13,17H,4-12,16H2,1-3H3. The lowest BCUT2D eigenvalue weighted by Crippen LogP contribution is -2.58. The van der Waals surface area contributed by atoms with Crippen LogP contribution in [0.4, 0.5) is 0 Å². The van der Waals surface area contributed by atoms with Gasteiger partial charge in [0.2, 0.25) is 0 Å². The summed E-state index contributed by atoms with van der Waals surface area (Å²) in [6.07, 6.45) is 8.27. The van der Waals surface area contributed by atoms with Crippen molar-refractivity contribution in [2.75, 3.05) is 20.3 Å². The minimum Gasteiger partial charge on any atom is -0.387 e. The molecule has 108 valence electrons. The maximum Gasteiger partial charge on any atom is 0.0970 e. The highest BCUT2D eigenvalue weighted by atomic mass is 16.5. The van der Waals surface area contributed by atoms with Crippen LogP contribution in [-0.2, 0) is 4.74 Å². The molecule has 3 N–H and O–H groups in total. The lowest BCUT2D eigenvalue weighted by molar-refractivity contribution is -0.159. The first-order valence-electron chi connectivity index (χ1n) is 7.44. The van der Waals surface area contributed by atoms with E-state index in [1.54, 1.807) is 7.11 Å². The molecule has 0 aromatic carbocycles. The van der Waals surface area contributed by atoms with E-state index in [0.29, 0.717) is 13.2 Å². The zero-order valence-electron chi connectivity index (χ0n) is 12.4. The summed E-state index contributed by atoms with van der Waals surface area (Å²) >= 11 is 0. The van der Waals surface area contributed by atoms with Crippen LogP contribution in [0.5, 0.6) is 0 Å². The zero-order chi connectivity index (χ0) is 13.6. The molecule has 1 saturated carbocycles. The third-order valence-corrected chi connectivity index (χ3v) is 4.94. The fraction of sp³-hybridized carbons (Fsp3) is 1.00. The van der Waals surface area contributed by atoms with Crippen LogP contribution >= 0.6 is 0 Å². The molecule has 0 bridgehead atoms. The van der Waals surface area contributed by atoms with Gasteiger partial charge in [0, 0.05) is 19.1 Å². The molecule has 3 nitrogen and oxygen atoms in total. The first-order chi connectivity index (χ1) is 8.52. The van der Waals surface area contributed by atoms with Gasteiger partial charge in [-0.3, -0.25) is 0 Å². The van der Waals surface area contributed by atoms with E-state index >= 15 is 0 Å². The number of aliphatic hydroxyl groups is 1. The summed E-state index contributed by atoms with van der Waals surface area (Å²) in [6, 6.07) is 0. The lowest BCUT2D eigenvalue weighted by atomic mass is 9.61. The highest BCUT2D eigenvalue weighted by Gasteiger charge is 2.50. The molecule has 3 heteroatoms. The van der Waals surface area contributed by atoms with Crippen molar-refractivity contribution < 1.29 is 9.84 Å². The van der Waals surface area contributed by atoms with E-state index < -0.39 is 5.60 Å². The normalized spacial score (nSPS) is 24.3. The van der Waals surface area contributed by atoms with E-state index in [4.69, 9.17) is 10.5 Å². The molecule has 0 amide bonds. The maximum absolute atomic E-state index is 11.2. The van der Waals surface area contributed by atoms with Gasteiger partial charge in [0.15, 0.2) is 0 Å². The summed E-state index contributed by atoms with van der Waals surface area (Å²) in [5.41, 5.74) is 5.13. The van der Waals surface area contributed by atoms with Gasteiger partial charge in [0.05, 0.1) is 12.2 Å². The van der Waals surface area contributed by atoms with Gasteiger partial charge >= 0.3 is 0 Å². The maximum atomic E-state index is 11.2. The zero-order valence-corrected chi connectivity index (χ0v) is 12.4. The Morgan fingerprint density at radius 2 is 1.67 bits per heavy atom. The van der Waals surface area contributed by atoms with Gasteiger partial charge in [0.1, 0.15) is 0 Å². The monoisotopic (exact) mass is 257 g/mol. The van der Waals surface area contributed by atoms with Gasteiger partial charge < -0.3 is 15.6 Å². The largest absolute Gasteiger partial charge is 0.387 e. The molecule has 1 unspecified atom stereocenters. The van der Waals surface area contributed by atoms with E-state index in [-0.39, 0.29) is 11.3 Å². The summed E-state index contributed by atoms with van der Waals surface area (Å²) in [7, 11) is 1.67. The number of hydrogen-bond donors (Lipinski definition) is 2. The van der Waals surface area contributed by atoms with E-state index in [2.05, 4.69) is 13.8 Å². The molecule has 1 aliphatic rings. The van der Waals surface area contributed by atoms with Gasteiger partial charge in [-0.05, 0) is 18.8 Å². The topological polar surface area (TPSA) is 55.5 Å². The van der Waals surface area contributed by atoms with Gasteiger partial charge in [-0.15, -0.1) is 0 Å². The second-order valence-electron chi connectivity index (χ2n) is 6.26. The van der Waals surface area contributed by atoms with Crippen molar-refractivity contribution in [1.29, 1.82) is 0 Å². The second kappa shape index (κ2) is 6.88. The predicted molar refractivity (Wildman–Crippen MR) is 75.5 cm³/mol. The minimum absolute atomic E-state index is 0.167. The Labute approximate surface area is 112 Å². The minimum atomic E-state index is -0.798. The van der Waals surface area contributed by atoms with Gasteiger partial charge in [0.25, 0.3) is 0 Å². The Kier molecular flexibility index (Phi) is 6.09. The molecule has 0 saturated heterocycles. The molecule has 0 aromatic heterocycles. The van der Waals surface area contributed by atoms with Gasteiger partial charge in [-0.1, -0.05) is 46.0 Å². The Balaban J connectivity index is 2.99. The Bertz CT molecular complexity index is 235. The smallest absolute Gasteiger partial charge is 0.0970 e. The molecule has 0 radical (unpaired) electrons. The number of hydrogen-bond acceptors (Lipinski definition) is 3. The van der Waals surface area contributed by atoms with Crippen molar-refractivity contribution in [2.45, 2.75) is 64.4 Å². The van der Waals surface area contributed by atoms with Crippen LogP contribution in [0.25, 0.3) is 0 Å². The van der Waals surface area contributed by atoms with Crippen LogP contribution in [0.15, 0.2) is 0 Å². The third-order valence-electron chi connectivity index (χ3n) is 4.94. The molecule has 1 atom stereocenters. The Morgan fingerprint density at radius 1 is 1.17 bits per heavy atom. The van der Waals surface area contributed by atoms with Crippen molar-refractivity contribution in [3.63, 3.8) is 0 Å². The first-order valence-corrected chi connectivity index (χ1v) is 7.44. The SMILES string of the molecule is COCC(O)(C(C)C)C1(CN)CCCCCCC1. The summed E-state index contributed by atoms with van der Waals surface area (Å²) in [4.78, 5) is 0. The first kappa shape index (κ1) is 15.9. The number of methoxy groups -OCH3 is 1.